The number of benzene rings is 2. The SMILES string of the molecule is CC(=O)N(CC(=O)O)C1CCCN(Cc2ccccc2Oc2ccccc2)CC1. The number of ether oxygens (including phenoxy) is 1. The fraction of sp³-hybridized carbons (Fsp3) is 0.391. The second-order valence-corrected chi connectivity index (χ2v) is 7.42. The highest BCUT2D eigenvalue weighted by Crippen LogP contribution is 2.27. The minimum absolute atomic E-state index is 0.0237. The third kappa shape index (κ3) is 6.06. The predicted molar refractivity (Wildman–Crippen MR) is 111 cm³/mol. The normalized spacial score (nSPS) is 17.3. The first kappa shape index (κ1) is 20.9. The van der Waals surface area contributed by atoms with E-state index in [1.54, 1.807) is 0 Å². The first-order valence-electron chi connectivity index (χ1n) is 10.0. The minimum Gasteiger partial charge on any atom is -0.480 e. The summed E-state index contributed by atoms with van der Waals surface area (Å²) >= 11 is 0. The summed E-state index contributed by atoms with van der Waals surface area (Å²) in [5.74, 6) is 0.512. The standard InChI is InChI=1S/C23H28N2O4/c1-18(26)25(17-23(27)28)20-9-7-14-24(15-13-20)16-19-8-5-6-12-22(19)29-21-10-3-2-4-11-21/h2-6,8,10-12,20H,7,9,13-17H2,1H3,(H,27,28). The van der Waals surface area contributed by atoms with Crippen LogP contribution in [-0.4, -0.2) is 52.5 Å². The van der Waals surface area contributed by atoms with Gasteiger partial charge in [-0.1, -0.05) is 36.4 Å². The maximum atomic E-state index is 11.9. The second kappa shape index (κ2) is 10.1. The Balaban J connectivity index is 1.65. The van der Waals surface area contributed by atoms with Crippen LogP contribution in [0.5, 0.6) is 11.5 Å². The molecule has 0 aliphatic carbocycles. The van der Waals surface area contributed by atoms with E-state index in [1.165, 1.54) is 11.8 Å². The molecule has 29 heavy (non-hydrogen) atoms. The zero-order valence-corrected chi connectivity index (χ0v) is 16.8. The molecule has 2 aromatic carbocycles. The number of amides is 1. The molecule has 0 spiro atoms. The number of hydrogen-bond acceptors (Lipinski definition) is 4. The van der Waals surface area contributed by atoms with Crippen LogP contribution in [0.15, 0.2) is 54.6 Å². The Kier molecular flexibility index (Phi) is 7.25. The van der Waals surface area contributed by atoms with Gasteiger partial charge in [0.1, 0.15) is 18.0 Å². The Labute approximate surface area is 171 Å². The molecule has 1 saturated heterocycles. The minimum atomic E-state index is -0.965. The summed E-state index contributed by atoms with van der Waals surface area (Å²) in [4.78, 5) is 26.9. The van der Waals surface area contributed by atoms with E-state index >= 15 is 0 Å². The van der Waals surface area contributed by atoms with Gasteiger partial charge in [-0.25, -0.2) is 0 Å². The van der Waals surface area contributed by atoms with Gasteiger partial charge in [0, 0.05) is 31.6 Å². The highest BCUT2D eigenvalue weighted by molar-refractivity contribution is 5.79. The first-order chi connectivity index (χ1) is 14.0. The van der Waals surface area contributed by atoms with Crippen LogP contribution in [0.2, 0.25) is 0 Å². The van der Waals surface area contributed by atoms with Crippen molar-refractivity contribution in [1.82, 2.24) is 9.80 Å². The van der Waals surface area contributed by atoms with Crippen LogP contribution in [-0.2, 0) is 16.1 Å². The number of rotatable bonds is 7. The molecule has 0 radical (unpaired) electrons. The number of hydrogen-bond donors (Lipinski definition) is 1. The van der Waals surface area contributed by atoms with Gasteiger partial charge in [-0.05, 0) is 44.0 Å². The van der Waals surface area contributed by atoms with Crippen molar-refractivity contribution in [2.24, 2.45) is 0 Å². The number of carboxylic acids is 1. The third-order valence-electron chi connectivity index (χ3n) is 5.28. The molecule has 1 atom stereocenters. The van der Waals surface area contributed by atoms with Gasteiger partial charge in [0.15, 0.2) is 0 Å². The average molecular weight is 396 g/mol. The lowest BCUT2D eigenvalue weighted by molar-refractivity contribution is -0.145. The summed E-state index contributed by atoms with van der Waals surface area (Å²) in [6.45, 7) is 3.70. The molecule has 0 saturated carbocycles. The van der Waals surface area contributed by atoms with Gasteiger partial charge in [-0.2, -0.15) is 0 Å². The number of para-hydroxylation sites is 2. The molecule has 1 unspecified atom stereocenters. The predicted octanol–water partition coefficient (Wildman–Crippen LogP) is 3.77. The lowest BCUT2D eigenvalue weighted by Crippen LogP contribution is -2.42. The number of likely N-dealkylation sites (tertiary alicyclic amines) is 1. The van der Waals surface area contributed by atoms with E-state index in [-0.39, 0.29) is 18.5 Å². The van der Waals surface area contributed by atoms with E-state index in [9.17, 15) is 9.59 Å². The summed E-state index contributed by atoms with van der Waals surface area (Å²) in [6, 6.07) is 17.7. The van der Waals surface area contributed by atoms with Crippen LogP contribution in [0.25, 0.3) is 0 Å². The molecular formula is C23H28N2O4. The van der Waals surface area contributed by atoms with Gasteiger partial charge in [-0.3, -0.25) is 14.5 Å². The number of nitrogens with zero attached hydrogens (tertiary/aromatic N) is 2. The smallest absolute Gasteiger partial charge is 0.323 e. The van der Waals surface area contributed by atoms with Crippen LogP contribution < -0.4 is 4.74 Å². The van der Waals surface area contributed by atoms with E-state index in [2.05, 4.69) is 11.0 Å². The van der Waals surface area contributed by atoms with Crippen molar-refractivity contribution in [2.75, 3.05) is 19.6 Å². The molecule has 6 nitrogen and oxygen atoms in total. The largest absolute Gasteiger partial charge is 0.480 e. The highest BCUT2D eigenvalue weighted by atomic mass is 16.5. The van der Waals surface area contributed by atoms with Crippen molar-refractivity contribution in [3.8, 4) is 11.5 Å². The Morgan fingerprint density at radius 2 is 1.79 bits per heavy atom. The molecule has 1 heterocycles. The van der Waals surface area contributed by atoms with Crippen LogP contribution >= 0.6 is 0 Å². The quantitative estimate of drug-likeness (QED) is 0.772. The van der Waals surface area contributed by atoms with Crippen LogP contribution in [0.3, 0.4) is 0 Å². The summed E-state index contributed by atoms with van der Waals surface area (Å²) in [5, 5.41) is 9.11. The topological polar surface area (TPSA) is 70.1 Å². The summed E-state index contributed by atoms with van der Waals surface area (Å²) in [6.07, 6.45) is 2.52. The fourth-order valence-corrected chi connectivity index (χ4v) is 3.84. The molecule has 3 rings (SSSR count). The Morgan fingerprint density at radius 3 is 2.52 bits per heavy atom. The Morgan fingerprint density at radius 1 is 1.07 bits per heavy atom. The summed E-state index contributed by atoms with van der Waals surface area (Å²) < 4.78 is 6.07. The fourth-order valence-electron chi connectivity index (χ4n) is 3.84. The van der Waals surface area contributed by atoms with E-state index in [1.807, 2.05) is 48.5 Å². The maximum absolute atomic E-state index is 11.9. The molecule has 2 aromatic rings. The number of carboxylic acid groups (broad SMARTS) is 1. The van der Waals surface area contributed by atoms with Gasteiger partial charge in [-0.15, -0.1) is 0 Å². The molecule has 1 amide bonds. The van der Waals surface area contributed by atoms with Gasteiger partial charge >= 0.3 is 5.97 Å². The molecular weight excluding hydrogens is 368 g/mol. The molecule has 1 N–H and O–H groups in total. The number of aliphatic carboxylic acids is 1. The zero-order chi connectivity index (χ0) is 20.6. The van der Waals surface area contributed by atoms with E-state index < -0.39 is 5.97 Å². The molecule has 154 valence electrons. The highest BCUT2D eigenvalue weighted by Gasteiger charge is 2.26. The average Bonchev–Trinajstić information content (AvgIpc) is 2.93. The van der Waals surface area contributed by atoms with E-state index in [4.69, 9.17) is 9.84 Å². The third-order valence-corrected chi connectivity index (χ3v) is 5.28. The second-order valence-electron chi connectivity index (χ2n) is 7.42. The van der Waals surface area contributed by atoms with Crippen molar-refractivity contribution in [3.63, 3.8) is 0 Å². The van der Waals surface area contributed by atoms with Crippen molar-refractivity contribution in [2.45, 2.75) is 38.8 Å². The maximum Gasteiger partial charge on any atom is 0.323 e. The van der Waals surface area contributed by atoms with Gasteiger partial charge in [0.25, 0.3) is 0 Å². The monoisotopic (exact) mass is 396 g/mol. The number of carbonyl (C=O) groups excluding carboxylic acids is 1. The Bertz CT molecular complexity index is 825. The zero-order valence-electron chi connectivity index (χ0n) is 16.8. The van der Waals surface area contributed by atoms with Gasteiger partial charge in [0.05, 0.1) is 0 Å². The molecule has 0 bridgehead atoms. The molecule has 1 aliphatic rings. The van der Waals surface area contributed by atoms with Crippen molar-refractivity contribution >= 4 is 11.9 Å². The molecule has 6 heteroatoms. The van der Waals surface area contributed by atoms with E-state index in [0.717, 1.165) is 56.0 Å². The molecule has 1 fully saturated rings. The molecule has 1 aliphatic heterocycles. The summed E-state index contributed by atoms with van der Waals surface area (Å²) in [5.41, 5.74) is 1.11. The van der Waals surface area contributed by atoms with Crippen LogP contribution in [0.4, 0.5) is 0 Å². The Hall–Kier alpha value is -2.86. The molecule has 0 aromatic heterocycles. The van der Waals surface area contributed by atoms with Gasteiger partial charge < -0.3 is 14.7 Å². The van der Waals surface area contributed by atoms with Crippen molar-refractivity contribution in [1.29, 1.82) is 0 Å². The van der Waals surface area contributed by atoms with Crippen LogP contribution in [0.1, 0.15) is 31.7 Å². The van der Waals surface area contributed by atoms with Gasteiger partial charge in [0.2, 0.25) is 5.91 Å². The first-order valence-corrected chi connectivity index (χ1v) is 10.0. The van der Waals surface area contributed by atoms with E-state index in [0.29, 0.717) is 0 Å². The van der Waals surface area contributed by atoms with Crippen LogP contribution in [0, 0.1) is 0 Å². The summed E-state index contributed by atoms with van der Waals surface area (Å²) in [7, 11) is 0. The number of carbonyl (C=O) groups is 2. The lowest BCUT2D eigenvalue weighted by Gasteiger charge is -2.29. The van der Waals surface area contributed by atoms with Crippen molar-refractivity contribution < 1.29 is 19.4 Å². The lowest BCUT2D eigenvalue weighted by atomic mass is 10.1. The van der Waals surface area contributed by atoms with Crippen molar-refractivity contribution in [3.05, 3.63) is 60.2 Å².